The molecule has 1 aromatic heterocycles. The zero-order valence-electron chi connectivity index (χ0n) is 10.9. The van der Waals surface area contributed by atoms with Gasteiger partial charge in [0.25, 0.3) is 0 Å². The number of hydrogen-bond acceptors (Lipinski definition) is 2. The van der Waals surface area contributed by atoms with Gasteiger partial charge in [-0.3, -0.25) is 4.98 Å². The third kappa shape index (κ3) is 3.95. The summed E-state index contributed by atoms with van der Waals surface area (Å²) < 4.78 is 39.8. The number of aliphatic hydroxyl groups excluding tert-OH is 1. The lowest BCUT2D eigenvalue weighted by molar-refractivity contribution is -0.206. The van der Waals surface area contributed by atoms with Crippen LogP contribution in [0.1, 0.15) is 31.4 Å². The summed E-state index contributed by atoms with van der Waals surface area (Å²) in [7, 11) is 0. The van der Waals surface area contributed by atoms with Crippen LogP contribution in [0.2, 0.25) is 0 Å². The summed E-state index contributed by atoms with van der Waals surface area (Å²) >= 11 is 3.25. The van der Waals surface area contributed by atoms with E-state index in [1.165, 1.54) is 0 Å². The molecule has 1 fully saturated rings. The Kier molecular flexibility index (Phi) is 5.07. The lowest BCUT2D eigenvalue weighted by Crippen LogP contribution is -2.40. The fourth-order valence-electron chi connectivity index (χ4n) is 2.92. The molecule has 1 heterocycles. The van der Waals surface area contributed by atoms with Crippen LogP contribution in [-0.2, 0) is 6.42 Å². The van der Waals surface area contributed by atoms with E-state index >= 15 is 0 Å². The molecule has 0 aliphatic heterocycles. The van der Waals surface area contributed by atoms with Crippen LogP contribution in [0.4, 0.5) is 13.2 Å². The molecule has 0 saturated heterocycles. The number of pyridine rings is 1. The highest BCUT2D eigenvalue weighted by Crippen LogP contribution is 2.43. The molecule has 2 rings (SSSR count). The first kappa shape index (κ1) is 15.8. The van der Waals surface area contributed by atoms with Crippen molar-refractivity contribution in [2.24, 2.45) is 11.8 Å². The van der Waals surface area contributed by atoms with Crippen LogP contribution in [-0.4, -0.2) is 22.4 Å². The zero-order chi connectivity index (χ0) is 14.8. The Balaban J connectivity index is 2.06. The Morgan fingerprint density at radius 3 is 2.60 bits per heavy atom. The van der Waals surface area contributed by atoms with Gasteiger partial charge in [0.15, 0.2) is 0 Å². The summed E-state index contributed by atoms with van der Waals surface area (Å²) in [5.41, 5.74) is 0.618. The van der Waals surface area contributed by atoms with Crippen LogP contribution in [0.25, 0.3) is 0 Å². The summed E-state index contributed by atoms with van der Waals surface area (Å²) in [5, 5.41) is 10.2. The maximum atomic E-state index is 13.0. The maximum absolute atomic E-state index is 13.0. The second kappa shape index (κ2) is 6.43. The Morgan fingerprint density at radius 1 is 1.30 bits per heavy atom. The molecule has 0 radical (unpaired) electrons. The van der Waals surface area contributed by atoms with E-state index in [0.29, 0.717) is 18.5 Å². The largest absolute Gasteiger partial charge is 0.392 e. The van der Waals surface area contributed by atoms with E-state index in [9.17, 15) is 18.3 Å². The highest BCUT2D eigenvalue weighted by Gasteiger charge is 2.47. The van der Waals surface area contributed by atoms with Gasteiger partial charge in [0.1, 0.15) is 0 Å². The molecule has 0 spiro atoms. The van der Waals surface area contributed by atoms with E-state index in [-0.39, 0.29) is 12.8 Å². The molecule has 3 unspecified atom stereocenters. The van der Waals surface area contributed by atoms with Crippen molar-refractivity contribution in [1.82, 2.24) is 4.98 Å². The first-order valence-corrected chi connectivity index (χ1v) is 7.52. The normalized spacial score (nSPS) is 25.4. The van der Waals surface area contributed by atoms with Crippen LogP contribution in [0.15, 0.2) is 22.8 Å². The molecule has 1 N–H and O–H groups in total. The molecule has 3 atom stereocenters. The van der Waals surface area contributed by atoms with Gasteiger partial charge in [0, 0.05) is 22.8 Å². The van der Waals surface area contributed by atoms with E-state index in [2.05, 4.69) is 20.9 Å². The van der Waals surface area contributed by atoms with Gasteiger partial charge in [-0.15, -0.1) is 0 Å². The van der Waals surface area contributed by atoms with Gasteiger partial charge in [-0.2, -0.15) is 13.2 Å². The number of alkyl halides is 3. The second-order valence-corrected chi connectivity index (χ2v) is 6.25. The van der Waals surface area contributed by atoms with E-state index in [1.807, 2.05) is 0 Å². The average molecular weight is 352 g/mol. The van der Waals surface area contributed by atoms with Crippen LogP contribution >= 0.6 is 15.9 Å². The topological polar surface area (TPSA) is 33.1 Å². The van der Waals surface area contributed by atoms with Crippen molar-refractivity contribution in [1.29, 1.82) is 0 Å². The molecule has 20 heavy (non-hydrogen) atoms. The van der Waals surface area contributed by atoms with Crippen molar-refractivity contribution in [3.05, 3.63) is 28.5 Å². The van der Waals surface area contributed by atoms with Gasteiger partial charge in [-0.05, 0) is 46.8 Å². The summed E-state index contributed by atoms with van der Waals surface area (Å²) in [6.45, 7) is 0. The molecule has 6 heteroatoms. The third-order valence-corrected chi connectivity index (χ3v) is 4.41. The second-order valence-electron chi connectivity index (χ2n) is 5.34. The van der Waals surface area contributed by atoms with Crippen LogP contribution < -0.4 is 0 Å². The Labute approximate surface area is 124 Å². The minimum absolute atomic E-state index is 0.124. The van der Waals surface area contributed by atoms with Crippen molar-refractivity contribution in [2.75, 3.05) is 0 Å². The van der Waals surface area contributed by atoms with Gasteiger partial charge in [-0.1, -0.05) is 12.8 Å². The first-order valence-electron chi connectivity index (χ1n) is 6.73. The number of halogens is 4. The Morgan fingerprint density at radius 2 is 2.00 bits per heavy atom. The quantitative estimate of drug-likeness (QED) is 0.888. The number of aromatic nitrogens is 1. The van der Waals surface area contributed by atoms with Gasteiger partial charge < -0.3 is 5.11 Å². The molecule has 1 aliphatic carbocycles. The molecule has 0 bridgehead atoms. The van der Waals surface area contributed by atoms with Crippen LogP contribution in [0, 0.1) is 11.8 Å². The smallest absolute Gasteiger partial charge is 0.392 e. The van der Waals surface area contributed by atoms with Gasteiger partial charge >= 0.3 is 6.18 Å². The summed E-state index contributed by atoms with van der Waals surface area (Å²) in [6, 6.07) is 3.50. The Bertz CT molecular complexity index is 435. The predicted molar refractivity (Wildman–Crippen MR) is 73.2 cm³/mol. The molecule has 1 aliphatic rings. The molecule has 1 saturated carbocycles. The molecular formula is C14H17BrF3NO. The van der Waals surface area contributed by atoms with Crippen molar-refractivity contribution >= 4 is 15.9 Å². The van der Waals surface area contributed by atoms with Crippen LogP contribution in [0.3, 0.4) is 0 Å². The van der Waals surface area contributed by atoms with Crippen molar-refractivity contribution in [3.8, 4) is 0 Å². The van der Waals surface area contributed by atoms with Crippen LogP contribution in [0.5, 0.6) is 0 Å². The van der Waals surface area contributed by atoms with E-state index in [4.69, 9.17) is 0 Å². The standard InChI is InChI=1S/C14H17BrF3NO/c15-9-5-6-10(19-8-9)7-13(20)11-3-1-2-4-12(11)14(16,17)18/h5-6,8,11-13,20H,1-4,7H2. The number of nitrogens with zero attached hydrogens (tertiary/aromatic N) is 1. The van der Waals surface area contributed by atoms with E-state index in [0.717, 1.165) is 10.9 Å². The van der Waals surface area contributed by atoms with Gasteiger partial charge in [0.05, 0.1) is 12.0 Å². The minimum atomic E-state index is -4.22. The van der Waals surface area contributed by atoms with Crippen molar-refractivity contribution < 1.29 is 18.3 Å². The number of rotatable bonds is 3. The monoisotopic (exact) mass is 351 g/mol. The predicted octanol–water partition coefficient (Wildman–Crippen LogP) is 4.12. The highest BCUT2D eigenvalue weighted by molar-refractivity contribution is 9.10. The number of hydrogen-bond donors (Lipinski definition) is 1. The molecule has 2 nitrogen and oxygen atoms in total. The molecule has 112 valence electrons. The molecule has 0 aromatic carbocycles. The molecular weight excluding hydrogens is 335 g/mol. The zero-order valence-corrected chi connectivity index (χ0v) is 12.5. The fraction of sp³-hybridized carbons (Fsp3) is 0.643. The SMILES string of the molecule is OC(Cc1ccc(Br)cn1)C1CCCCC1C(F)(F)F. The Hall–Kier alpha value is -0.620. The fourth-order valence-corrected chi connectivity index (χ4v) is 3.15. The lowest BCUT2D eigenvalue weighted by atomic mass is 9.75. The third-order valence-electron chi connectivity index (χ3n) is 3.94. The van der Waals surface area contributed by atoms with E-state index < -0.39 is 24.1 Å². The number of aliphatic hydroxyl groups is 1. The molecule has 0 amide bonds. The van der Waals surface area contributed by atoms with Crippen molar-refractivity contribution in [2.45, 2.75) is 44.4 Å². The minimum Gasteiger partial charge on any atom is -0.392 e. The highest BCUT2D eigenvalue weighted by atomic mass is 79.9. The summed E-state index contributed by atoms with van der Waals surface area (Å²) in [5.74, 6) is -2.10. The average Bonchev–Trinajstić information content (AvgIpc) is 2.40. The maximum Gasteiger partial charge on any atom is 0.392 e. The van der Waals surface area contributed by atoms with Crippen molar-refractivity contribution in [3.63, 3.8) is 0 Å². The first-order chi connectivity index (χ1) is 9.38. The summed E-state index contributed by atoms with van der Waals surface area (Å²) in [6.07, 6.45) is -1.56. The van der Waals surface area contributed by atoms with E-state index in [1.54, 1.807) is 18.3 Å². The summed E-state index contributed by atoms with van der Waals surface area (Å²) in [4.78, 5) is 4.11. The molecule has 1 aromatic rings. The van der Waals surface area contributed by atoms with Gasteiger partial charge in [-0.25, -0.2) is 0 Å². The van der Waals surface area contributed by atoms with Gasteiger partial charge in [0.2, 0.25) is 0 Å². The lowest BCUT2D eigenvalue weighted by Gasteiger charge is -2.35.